The maximum atomic E-state index is 13.8. The number of unbranched alkanes of at least 4 members (excludes halogenated alkanes) is 2. The third-order valence-corrected chi connectivity index (χ3v) is 18.7. The van der Waals surface area contributed by atoms with E-state index in [-0.39, 0.29) is 83.1 Å². The molecule has 0 radical (unpaired) electrons. The van der Waals surface area contributed by atoms with Crippen LogP contribution in [0.3, 0.4) is 0 Å². The molecule has 4 N–H and O–H groups in total. The molecule has 3 aromatic heterocycles. The molecule has 6 aromatic rings. The lowest BCUT2D eigenvalue weighted by Gasteiger charge is -2.69. The summed E-state index contributed by atoms with van der Waals surface area (Å²) in [5.74, 6) is -1.91. The minimum atomic E-state index is -1.14. The molecule has 12 rings (SSSR count). The number of aromatic nitrogens is 4. The van der Waals surface area contributed by atoms with E-state index >= 15 is 0 Å². The third-order valence-electron chi connectivity index (χ3n) is 17.8. The Morgan fingerprint density at radius 2 is 1.61 bits per heavy atom. The van der Waals surface area contributed by atoms with Gasteiger partial charge in [-0.25, -0.2) is 19.6 Å². The maximum absolute atomic E-state index is 13.8. The number of benzene rings is 3. The second-order valence-corrected chi connectivity index (χ2v) is 26.1. The first-order valence-electron chi connectivity index (χ1n) is 29.9. The molecule has 20 nitrogen and oxygen atoms in total. The molecule has 6 amide bonds. The summed E-state index contributed by atoms with van der Waals surface area (Å²) in [6.07, 6.45) is 16.2. The summed E-state index contributed by atoms with van der Waals surface area (Å²) in [6.45, 7) is 9.66. The number of hydrogen-bond acceptors (Lipinski definition) is 14. The van der Waals surface area contributed by atoms with Crippen molar-refractivity contribution in [2.45, 2.75) is 117 Å². The van der Waals surface area contributed by atoms with Crippen LogP contribution in [0.25, 0.3) is 27.4 Å². The predicted molar refractivity (Wildman–Crippen MR) is 331 cm³/mol. The Balaban J connectivity index is 0.649. The van der Waals surface area contributed by atoms with Gasteiger partial charge in [-0.1, -0.05) is 74.1 Å². The lowest BCUT2D eigenvalue weighted by Crippen LogP contribution is -2.64. The number of hydrogen-bond donors (Lipinski definition) is 4. The minimum Gasteiger partial charge on any atom is -0.476 e. The highest BCUT2D eigenvalue weighted by Crippen LogP contribution is 2.72. The van der Waals surface area contributed by atoms with Crippen LogP contribution in [0.1, 0.15) is 128 Å². The summed E-state index contributed by atoms with van der Waals surface area (Å²) >= 11 is 1.42. The Hall–Kier alpha value is -8.56. The SMILES string of the molecule is Cc1c(-c2ccc(N3CCc4cccc(C(=O)Nc5nc6ccccc6s5)c4C3)nc2C(=O)O)cnn1CC12CC3(C)CC(C)(C1)CC(OCCN(C)C(=O)OC/C=C/c1cccc(NC(=O)CCNC(=O)CCCCCN4C(=O)C=CC4=O)c1)(C3)C2. The highest BCUT2D eigenvalue weighted by atomic mass is 32.1. The summed E-state index contributed by atoms with van der Waals surface area (Å²) in [6, 6.07) is 24.5. The van der Waals surface area contributed by atoms with E-state index in [2.05, 4.69) is 34.8 Å². The van der Waals surface area contributed by atoms with Crippen molar-refractivity contribution < 1.29 is 48.1 Å². The molecule has 3 aromatic carbocycles. The third kappa shape index (κ3) is 13.7. The maximum Gasteiger partial charge on any atom is 0.409 e. The van der Waals surface area contributed by atoms with Gasteiger partial charge in [0.05, 0.1) is 28.6 Å². The van der Waals surface area contributed by atoms with Crippen LogP contribution in [-0.2, 0) is 48.2 Å². The molecule has 0 saturated heterocycles. The molecular weight excluding hydrogens is 1120 g/mol. The normalized spacial score (nSPS) is 21.8. The molecule has 454 valence electrons. The van der Waals surface area contributed by atoms with E-state index in [0.29, 0.717) is 98.3 Å². The molecule has 2 unspecified atom stereocenters. The Kier molecular flexibility index (Phi) is 17.3. The average molecular weight is 1200 g/mol. The fourth-order valence-corrected chi connectivity index (χ4v) is 15.9. The zero-order chi connectivity index (χ0) is 61.1. The quantitative estimate of drug-likeness (QED) is 0.0325. The number of carboxylic acid groups (broad SMARTS) is 1. The fraction of sp³-hybridized carbons (Fsp3) is 0.424. The number of thiazole rings is 1. The van der Waals surface area contributed by atoms with Crippen molar-refractivity contribution >= 4 is 85.9 Å². The number of para-hydroxylation sites is 1. The van der Waals surface area contributed by atoms with Gasteiger partial charge in [0.2, 0.25) is 11.8 Å². The van der Waals surface area contributed by atoms with Crippen LogP contribution >= 0.6 is 11.3 Å². The first-order chi connectivity index (χ1) is 41.8. The molecule has 5 heterocycles. The number of imide groups is 1. The van der Waals surface area contributed by atoms with Crippen LogP contribution in [0.5, 0.6) is 0 Å². The monoisotopic (exact) mass is 1200 g/mol. The molecule has 6 aliphatic rings. The second kappa shape index (κ2) is 25.0. The number of amides is 6. The molecule has 87 heavy (non-hydrogen) atoms. The topological polar surface area (TPSA) is 248 Å². The number of pyridine rings is 1. The van der Waals surface area contributed by atoms with Gasteiger partial charge in [-0.3, -0.25) is 38.9 Å². The van der Waals surface area contributed by atoms with Crippen LogP contribution in [-0.4, -0.2) is 128 Å². The minimum absolute atomic E-state index is 0.0395. The van der Waals surface area contributed by atoms with Crippen molar-refractivity contribution in [3.8, 4) is 11.1 Å². The molecular formula is C66H74N10O10S. The van der Waals surface area contributed by atoms with E-state index in [1.165, 1.54) is 33.3 Å². The lowest BCUT2D eigenvalue weighted by atomic mass is 9.39. The fourth-order valence-electron chi connectivity index (χ4n) is 15.1. The van der Waals surface area contributed by atoms with Gasteiger partial charge in [0.1, 0.15) is 12.4 Å². The zero-order valence-corrected chi connectivity index (χ0v) is 50.5. The van der Waals surface area contributed by atoms with Crippen molar-refractivity contribution in [3.63, 3.8) is 0 Å². The molecule has 2 aliphatic heterocycles. The van der Waals surface area contributed by atoms with Crippen LogP contribution in [0, 0.1) is 23.2 Å². The highest BCUT2D eigenvalue weighted by Gasteiger charge is 2.66. The molecule has 21 heteroatoms. The number of rotatable bonds is 24. The van der Waals surface area contributed by atoms with Gasteiger partial charge in [-0.05, 0) is 146 Å². The predicted octanol–water partition coefficient (Wildman–Crippen LogP) is 10.2. The molecule has 4 aliphatic carbocycles. The molecule has 4 bridgehead atoms. The van der Waals surface area contributed by atoms with Gasteiger partial charge < -0.3 is 35.0 Å². The van der Waals surface area contributed by atoms with E-state index in [1.54, 1.807) is 31.5 Å². The molecule has 4 fully saturated rings. The van der Waals surface area contributed by atoms with Crippen molar-refractivity contribution in [1.29, 1.82) is 0 Å². The van der Waals surface area contributed by atoms with Crippen molar-refractivity contribution in [2.24, 2.45) is 16.2 Å². The molecule has 2 atom stereocenters. The highest BCUT2D eigenvalue weighted by molar-refractivity contribution is 7.22. The number of carbonyl (C=O) groups is 7. The number of carboxylic acids is 1. The van der Waals surface area contributed by atoms with E-state index in [1.807, 2.05) is 89.3 Å². The Bertz CT molecular complexity index is 3670. The van der Waals surface area contributed by atoms with Gasteiger partial charge in [0.25, 0.3) is 17.7 Å². The first-order valence-corrected chi connectivity index (χ1v) is 30.8. The summed E-state index contributed by atoms with van der Waals surface area (Å²) in [5.41, 5.74) is 6.29. The van der Waals surface area contributed by atoms with Gasteiger partial charge in [0, 0.05) is 99.4 Å². The van der Waals surface area contributed by atoms with Crippen LogP contribution in [0.2, 0.25) is 0 Å². The van der Waals surface area contributed by atoms with E-state index in [9.17, 15) is 38.7 Å². The van der Waals surface area contributed by atoms with Crippen LogP contribution in [0.4, 0.5) is 21.4 Å². The largest absolute Gasteiger partial charge is 0.476 e. The van der Waals surface area contributed by atoms with Gasteiger partial charge in [0.15, 0.2) is 10.8 Å². The molecule has 0 spiro atoms. The number of fused-ring (bicyclic) bond motifs is 2. The lowest BCUT2D eigenvalue weighted by molar-refractivity contribution is -0.248. The number of nitrogens with one attached hydrogen (secondary N) is 3. The van der Waals surface area contributed by atoms with Gasteiger partial charge >= 0.3 is 12.1 Å². The summed E-state index contributed by atoms with van der Waals surface area (Å²) in [7, 11) is 1.70. The summed E-state index contributed by atoms with van der Waals surface area (Å²) < 4.78 is 15.6. The van der Waals surface area contributed by atoms with Crippen molar-refractivity contribution in [1.82, 2.24) is 34.9 Å². The Morgan fingerprint density at radius 1 is 0.828 bits per heavy atom. The van der Waals surface area contributed by atoms with Crippen molar-refractivity contribution in [3.05, 3.63) is 137 Å². The number of likely N-dealkylation sites (N-methyl/N-ethyl adjacent to an activating group) is 1. The number of nitrogens with zero attached hydrogens (tertiary/aromatic N) is 7. The number of ether oxygens (including phenoxy) is 2. The average Bonchev–Trinajstić information content (AvgIpc) is 1.09. The summed E-state index contributed by atoms with van der Waals surface area (Å²) in [4.78, 5) is 102. The Morgan fingerprint density at radius 3 is 2.39 bits per heavy atom. The van der Waals surface area contributed by atoms with Gasteiger partial charge in [-0.15, -0.1) is 0 Å². The number of aromatic carboxylic acids is 1. The summed E-state index contributed by atoms with van der Waals surface area (Å²) in [5, 5.41) is 24.8. The number of carbonyl (C=O) groups excluding carboxylic acids is 6. The van der Waals surface area contributed by atoms with Crippen LogP contribution in [0.15, 0.2) is 103 Å². The molecule has 4 saturated carbocycles. The standard InChI is InChI=1S/C66H74N10O10S/c1-43-49(47-21-22-53(71-58(47)60(82)83)74-29-26-45-15-11-17-48(50(45)35-74)59(81)72-61-70-51-18-7-8-19-52(51)87-61)34-68-76(43)42-65-37-63(2)36-64(3,38-65)40-66(39-63,41-65)86-32-30-73(4)62(84)85-31-12-14-44-13-10-16-46(33-44)69-55(78)25-27-67-54(77)20-6-5-9-28-75-56(79)23-24-57(75)80/h7-8,10-19,21-24,33-34H,5-6,9,20,25-32,35-42H2,1-4H3,(H,67,77)(H,69,78)(H,82,83)(H,70,72,81)/b14-12+. The van der Waals surface area contributed by atoms with E-state index in [4.69, 9.17) is 19.6 Å². The first kappa shape index (κ1) is 60.1. The van der Waals surface area contributed by atoms with E-state index in [0.717, 1.165) is 71.1 Å². The van der Waals surface area contributed by atoms with Gasteiger partial charge in [-0.2, -0.15) is 5.10 Å². The second-order valence-electron chi connectivity index (χ2n) is 25.1. The van der Waals surface area contributed by atoms with E-state index < -0.39 is 12.1 Å². The zero-order valence-electron chi connectivity index (χ0n) is 49.7. The van der Waals surface area contributed by atoms with Crippen molar-refractivity contribution in [2.75, 3.05) is 62.0 Å². The smallest absolute Gasteiger partial charge is 0.409 e. The number of anilines is 3. The Labute approximate surface area is 509 Å². The van der Waals surface area contributed by atoms with Crippen LogP contribution < -0.4 is 20.9 Å².